The molecule has 1 aliphatic heterocycles. The van der Waals surface area contributed by atoms with E-state index in [4.69, 9.17) is 0 Å². The molecule has 0 fully saturated rings. The second-order valence-corrected chi connectivity index (χ2v) is 4.49. The summed E-state index contributed by atoms with van der Waals surface area (Å²) in [6.45, 7) is 7.32. The van der Waals surface area contributed by atoms with Crippen LogP contribution in [0.25, 0.3) is 0 Å². The highest BCUT2D eigenvalue weighted by Crippen LogP contribution is 2.23. The first-order valence-corrected chi connectivity index (χ1v) is 4.56. The second-order valence-electron chi connectivity index (χ2n) is 4.49. The van der Waals surface area contributed by atoms with Gasteiger partial charge in [0.05, 0.1) is 6.54 Å². The van der Waals surface area contributed by atoms with Crippen LogP contribution in [0.4, 0.5) is 0 Å². The highest BCUT2D eigenvalue weighted by Gasteiger charge is 2.17. The smallest absolute Gasteiger partial charge is 0.0661 e. The van der Waals surface area contributed by atoms with Crippen LogP contribution in [0.1, 0.15) is 37.6 Å². The lowest BCUT2D eigenvalue weighted by Gasteiger charge is -2.17. The van der Waals surface area contributed by atoms with Gasteiger partial charge in [0.15, 0.2) is 0 Å². The Morgan fingerprint density at radius 3 is 2.77 bits per heavy atom. The number of aromatic nitrogens is 1. The molecule has 0 unspecified atom stereocenters. The molecule has 2 heterocycles. The highest BCUT2D eigenvalue weighted by molar-refractivity contribution is 5.84. The Bertz CT molecular complexity index is 359. The van der Waals surface area contributed by atoms with Gasteiger partial charge < -0.3 is 0 Å². The molecule has 0 saturated heterocycles. The molecule has 0 saturated carbocycles. The third kappa shape index (κ3) is 1.48. The normalized spacial score (nSPS) is 14.7. The number of fused-ring (bicyclic) bond motifs is 1. The zero-order valence-corrected chi connectivity index (χ0v) is 8.33. The standard InChI is InChI=1S/C11H14N2/c1-11(2,3)10-4-8-5-12-6-9(8)7-13-10/h4-5,7H,6H2,1-3H3. The van der Waals surface area contributed by atoms with Crippen LogP contribution in [0, 0.1) is 0 Å². The maximum Gasteiger partial charge on any atom is 0.0661 e. The third-order valence-electron chi connectivity index (χ3n) is 2.28. The average molecular weight is 174 g/mol. The van der Waals surface area contributed by atoms with E-state index >= 15 is 0 Å². The van der Waals surface area contributed by atoms with Crippen molar-refractivity contribution in [3.05, 3.63) is 29.1 Å². The molecular formula is C11H14N2. The molecule has 1 aromatic rings. The summed E-state index contributed by atoms with van der Waals surface area (Å²) in [6.07, 6.45) is 3.88. The first-order chi connectivity index (χ1) is 6.07. The van der Waals surface area contributed by atoms with Gasteiger partial charge in [-0.3, -0.25) is 9.98 Å². The molecule has 0 aromatic carbocycles. The molecule has 68 valence electrons. The molecule has 2 heteroatoms. The summed E-state index contributed by atoms with van der Waals surface area (Å²) in [7, 11) is 0. The average Bonchev–Trinajstić information content (AvgIpc) is 2.47. The fourth-order valence-electron chi connectivity index (χ4n) is 1.40. The lowest BCUT2D eigenvalue weighted by molar-refractivity contribution is 0.568. The SMILES string of the molecule is CC(C)(C)c1cc2c(cn1)CN=C2. The second kappa shape index (κ2) is 2.66. The number of rotatable bonds is 0. The number of hydrogen-bond acceptors (Lipinski definition) is 2. The molecule has 0 spiro atoms. The number of aliphatic imine (C=N–C) groups is 1. The lowest BCUT2D eigenvalue weighted by Crippen LogP contribution is -2.13. The monoisotopic (exact) mass is 174 g/mol. The summed E-state index contributed by atoms with van der Waals surface area (Å²) in [4.78, 5) is 8.65. The molecule has 2 rings (SSSR count). The maximum atomic E-state index is 4.44. The van der Waals surface area contributed by atoms with Crippen molar-refractivity contribution in [3.8, 4) is 0 Å². The summed E-state index contributed by atoms with van der Waals surface area (Å²) in [5.41, 5.74) is 3.75. The largest absolute Gasteiger partial charge is 0.288 e. The number of pyridine rings is 1. The molecule has 13 heavy (non-hydrogen) atoms. The Balaban J connectivity index is 2.47. The van der Waals surface area contributed by atoms with E-state index in [-0.39, 0.29) is 5.41 Å². The van der Waals surface area contributed by atoms with Crippen molar-refractivity contribution in [2.45, 2.75) is 32.7 Å². The van der Waals surface area contributed by atoms with Crippen LogP contribution in [-0.2, 0) is 12.0 Å². The summed E-state index contributed by atoms with van der Waals surface area (Å²) in [6, 6.07) is 2.14. The van der Waals surface area contributed by atoms with Gasteiger partial charge in [0, 0.05) is 34.6 Å². The molecule has 0 amide bonds. The highest BCUT2D eigenvalue weighted by atomic mass is 14.8. The van der Waals surface area contributed by atoms with Crippen molar-refractivity contribution in [1.82, 2.24) is 4.98 Å². The molecular weight excluding hydrogens is 160 g/mol. The summed E-state index contributed by atoms with van der Waals surface area (Å²) in [5, 5.41) is 0. The van der Waals surface area contributed by atoms with E-state index in [1.807, 2.05) is 12.4 Å². The maximum absolute atomic E-state index is 4.44. The van der Waals surface area contributed by atoms with Gasteiger partial charge >= 0.3 is 0 Å². The van der Waals surface area contributed by atoms with E-state index in [1.165, 1.54) is 11.1 Å². The van der Waals surface area contributed by atoms with Crippen LogP contribution in [0.5, 0.6) is 0 Å². The topological polar surface area (TPSA) is 25.2 Å². The van der Waals surface area contributed by atoms with E-state index in [0.717, 1.165) is 12.2 Å². The van der Waals surface area contributed by atoms with Gasteiger partial charge in [-0.15, -0.1) is 0 Å². The van der Waals surface area contributed by atoms with Gasteiger partial charge in [0.25, 0.3) is 0 Å². The Labute approximate surface area is 78.7 Å². The van der Waals surface area contributed by atoms with Gasteiger partial charge in [-0.2, -0.15) is 0 Å². The first-order valence-electron chi connectivity index (χ1n) is 4.56. The quantitative estimate of drug-likeness (QED) is 0.592. The molecule has 1 aromatic heterocycles. The molecule has 0 radical (unpaired) electrons. The van der Waals surface area contributed by atoms with Crippen molar-refractivity contribution in [2.75, 3.05) is 0 Å². The molecule has 1 aliphatic rings. The summed E-state index contributed by atoms with van der Waals surface area (Å²) in [5.74, 6) is 0. The van der Waals surface area contributed by atoms with Crippen molar-refractivity contribution in [2.24, 2.45) is 4.99 Å². The van der Waals surface area contributed by atoms with Crippen LogP contribution in [0.2, 0.25) is 0 Å². The van der Waals surface area contributed by atoms with Crippen LogP contribution in [-0.4, -0.2) is 11.2 Å². The Morgan fingerprint density at radius 2 is 2.08 bits per heavy atom. The fraction of sp³-hybridized carbons (Fsp3) is 0.455. The van der Waals surface area contributed by atoms with Gasteiger partial charge in [0.2, 0.25) is 0 Å². The van der Waals surface area contributed by atoms with Crippen LogP contribution in [0.15, 0.2) is 17.3 Å². The minimum atomic E-state index is 0.130. The number of nitrogens with zero attached hydrogens (tertiary/aromatic N) is 2. The molecule has 0 bridgehead atoms. The predicted octanol–water partition coefficient (Wildman–Crippen LogP) is 2.31. The van der Waals surface area contributed by atoms with E-state index in [2.05, 4.69) is 36.8 Å². The van der Waals surface area contributed by atoms with Crippen molar-refractivity contribution < 1.29 is 0 Å². The van der Waals surface area contributed by atoms with Crippen molar-refractivity contribution >= 4 is 6.21 Å². The summed E-state index contributed by atoms with van der Waals surface area (Å²) < 4.78 is 0. The van der Waals surface area contributed by atoms with Gasteiger partial charge in [-0.05, 0) is 6.07 Å². The zero-order chi connectivity index (χ0) is 9.47. The summed E-state index contributed by atoms with van der Waals surface area (Å²) >= 11 is 0. The van der Waals surface area contributed by atoms with E-state index < -0.39 is 0 Å². The van der Waals surface area contributed by atoms with Gasteiger partial charge in [-0.1, -0.05) is 20.8 Å². The Morgan fingerprint density at radius 1 is 1.31 bits per heavy atom. The van der Waals surface area contributed by atoms with Gasteiger partial charge in [0.1, 0.15) is 0 Å². The van der Waals surface area contributed by atoms with Crippen molar-refractivity contribution in [1.29, 1.82) is 0 Å². The van der Waals surface area contributed by atoms with Crippen LogP contribution < -0.4 is 0 Å². The van der Waals surface area contributed by atoms with Crippen molar-refractivity contribution in [3.63, 3.8) is 0 Å². The third-order valence-corrected chi connectivity index (χ3v) is 2.28. The van der Waals surface area contributed by atoms with E-state index in [1.54, 1.807) is 0 Å². The Hall–Kier alpha value is -1.18. The lowest BCUT2D eigenvalue weighted by atomic mass is 9.90. The fourth-order valence-corrected chi connectivity index (χ4v) is 1.40. The minimum absolute atomic E-state index is 0.130. The van der Waals surface area contributed by atoms with E-state index in [9.17, 15) is 0 Å². The molecule has 0 N–H and O–H groups in total. The van der Waals surface area contributed by atoms with Crippen LogP contribution in [0.3, 0.4) is 0 Å². The Kier molecular flexibility index (Phi) is 1.72. The van der Waals surface area contributed by atoms with E-state index in [0.29, 0.717) is 0 Å². The molecule has 0 aliphatic carbocycles. The first kappa shape index (κ1) is 8.42. The number of hydrogen-bond donors (Lipinski definition) is 0. The van der Waals surface area contributed by atoms with Gasteiger partial charge in [-0.25, -0.2) is 0 Å². The molecule has 0 atom stereocenters. The predicted molar refractivity (Wildman–Crippen MR) is 54.2 cm³/mol. The van der Waals surface area contributed by atoms with Crippen LogP contribution >= 0.6 is 0 Å². The zero-order valence-electron chi connectivity index (χ0n) is 8.33. The minimum Gasteiger partial charge on any atom is -0.288 e. The molecule has 2 nitrogen and oxygen atoms in total.